The summed E-state index contributed by atoms with van der Waals surface area (Å²) in [7, 11) is 0. The number of nitrogens with zero attached hydrogens (tertiary/aromatic N) is 1. The molecule has 0 aromatic heterocycles. The Kier molecular flexibility index (Phi) is 6.21. The van der Waals surface area contributed by atoms with Gasteiger partial charge in [-0.05, 0) is 6.42 Å². The zero-order valence-corrected chi connectivity index (χ0v) is 5.93. The Labute approximate surface area is 60.6 Å². The van der Waals surface area contributed by atoms with Crippen LogP contribution in [0, 0.1) is 0 Å². The van der Waals surface area contributed by atoms with Gasteiger partial charge in [0.25, 0.3) is 0 Å². The van der Waals surface area contributed by atoms with Crippen molar-refractivity contribution in [3.63, 3.8) is 0 Å². The number of carbonyl (C=O) groups excluding carboxylic acids is 1. The normalized spacial score (nSPS) is 12.1. The summed E-state index contributed by atoms with van der Waals surface area (Å²) in [6, 6.07) is 0. The van der Waals surface area contributed by atoms with E-state index >= 15 is 0 Å². The van der Waals surface area contributed by atoms with Crippen LogP contribution < -0.4 is 0 Å². The van der Waals surface area contributed by atoms with E-state index in [1.54, 1.807) is 0 Å². The number of hydrogen-bond acceptors (Lipinski definition) is 5. The lowest BCUT2D eigenvalue weighted by Gasteiger charge is -2.02. The van der Waals surface area contributed by atoms with Gasteiger partial charge in [-0.2, -0.15) is 0 Å². The molecule has 0 aliphatic rings. The van der Waals surface area contributed by atoms with Crippen molar-refractivity contribution in [2.75, 3.05) is 13.2 Å². The van der Waals surface area contributed by atoms with Crippen LogP contribution in [0.25, 0.3) is 0 Å². The highest BCUT2D eigenvalue weighted by atomic mass is 32.2. The first-order valence-electron chi connectivity index (χ1n) is 2.53. The van der Waals surface area contributed by atoms with E-state index < -0.39 is 11.4 Å². The summed E-state index contributed by atoms with van der Waals surface area (Å²) in [4.78, 5) is 12.6. The summed E-state index contributed by atoms with van der Waals surface area (Å²) < 4.78 is 23.5. The predicted octanol–water partition coefficient (Wildman–Crippen LogP) is -0.477. The monoisotopic (exact) mass is 164 g/mol. The summed E-state index contributed by atoms with van der Waals surface area (Å²) in [5.41, 5.74) is 0. The topological polar surface area (TPSA) is 78.8 Å². The Hall–Kier alpha value is -0.550. The predicted molar refractivity (Wildman–Crippen MR) is 32.5 cm³/mol. The van der Waals surface area contributed by atoms with Crippen molar-refractivity contribution in [3.05, 3.63) is 0 Å². The molecule has 0 aromatic carbocycles. The fourth-order valence-corrected chi connectivity index (χ4v) is 0.570. The molecule has 1 unspecified atom stereocenters. The maximum Gasteiger partial charge on any atom is 0.234 e. The highest BCUT2D eigenvalue weighted by Crippen LogP contribution is 1.84. The molecule has 5 nitrogen and oxygen atoms in total. The number of hydrogen-bond donors (Lipinski definition) is 0. The van der Waals surface area contributed by atoms with Crippen molar-refractivity contribution >= 4 is 17.4 Å². The molecule has 0 aliphatic carbocycles. The zero-order valence-electron chi connectivity index (χ0n) is 5.11. The summed E-state index contributed by atoms with van der Waals surface area (Å²) in [5.74, 6) is 0. The Bertz CT molecular complexity index is 149. The Morgan fingerprint density at radius 1 is 1.70 bits per heavy atom. The Morgan fingerprint density at radius 3 is 2.90 bits per heavy atom. The van der Waals surface area contributed by atoms with Gasteiger partial charge < -0.3 is 8.74 Å². The quantitative estimate of drug-likeness (QED) is 0.238. The molecule has 0 heterocycles. The molecular weight excluding hydrogens is 158 g/mol. The van der Waals surface area contributed by atoms with Gasteiger partial charge in [-0.3, -0.25) is 0 Å². The second kappa shape index (κ2) is 6.57. The minimum Gasteiger partial charge on any atom is -0.750 e. The SMILES string of the molecule is O=C=NCCCOS(=O)[O-]. The van der Waals surface area contributed by atoms with Crippen LogP contribution in [0.3, 0.4) is 0 Å². The lowest BCUT2D eigenvalue weighted by atomic mass is 10.5. The molecular formula is C4H6NO4S-. The Morgan fingerprint density at radius 2 is 2.40 bits per heavy atom. The van der Waals surface area contributed by atoms with E-state index in [-0.39, 0.29) is 13.2 Å². The summed E-state index contributed by atoms with van der Waals surface area (Å²) >= 11 is -2.46. The molecule has 58 valence electrons. The first-order valence-corrected chi connectivity index (χ1v) is 3.53. The van der Waals surface area contributed by atoms with Crippen LogP contribution >= 0.6 is 0 Å². The van der Waals surface area contributed by atoms with Gasteiger partial charge in [-0.1, -0.05) is 0 Å². The van der Waals surface area contributed by atoms with E-state index in [9.17, 15) is 13.6 Å². The molecule has 0 bridgehead atoms. The van der Waals surface area contributed by atoms with Crippen LogP contribution in [-0.4, -0.2) is 28.0 Å². The van der Waals surface area contributed by atoms with Crippen LogP contribution in [0.2, 0.25) is 0 Å². The van der Waals surface area contributed by atoms with E-state index in [0.717, 1.165) is 0 Å². The standard InChI is InChI=1S/C4H7NO4S/c6-4-5-2-1-3-9-10(7)8/h1-3H2,(H,7,8)/p-1. The van der Waals surface area contributed by atoms with E-state index in [1.807, 2.05) is 0 Å². The van der Waals surface area contributed by atoms with Gasteiger partial charge >= 0.3 is 0 Å². The largest absolute Gasteiger partial charge is 0.750 e. The van der Waals surface area contributed by atoms with E-state index in [0.29, 0.717) is 6.42 Å². The number of rotatable bonds is 5. The van der Waals surface area contributed by atoms with E-state index in [2.05, 4.69) is 9.18 Å². The van der Waals surface area contributed by atoms with Gasteiger partial charge in [0.1, 0.15) is 0 Å². The van der Waals surface area contributed by atoms with Gasteiger partial charge in [-0.15, -0.1) is 0 Å². The summed E-state index contributed by atoms with van der Waals surface area (Å²) in [6.07, 6.45) is 1.73. The molecule has 10 heavy (non-hydrogen) atoms. The lowest BCUT2D eigenvalue weighted by Crippen LogP contribution is -1.98. The molecule has 0 aromatic rings. The molecule has 0 fully saturated rings. The maximum atomic E-state index is 9.70. The first kappa shape index (κ1) is 9.45. The number of isocyanates is 1. The van der Waals surface area contributed by atoms with Crippen molar-refractivity contribution < 1.29 is 17.7 Å². The minimum atomic E-state index is -2.46. The molecule has 1 atom stereocenters. The van der Waals surface area contributed by atoms with Crippen molar-refractivity contribution in [2.45, 2.75) is 6.42 Å². The summed E-state index contributed by atoms with van der Waals surface area (Å²) in [6.45, 7) is 0.308. The zero-order chi connectivity index (χ0) is 7.82. The fraction of sp³-hybridized carbons (Fsp3) is 0.750. The van der Waals surface area contributed by atoms with Crippen molar-refractivity contribution in [2.24, 2.45) is 4.99 Å². The van der Waals surface area contributed by atoms with Gasteiger partial charge in [0, 0.05) is 0 Å². The second-order valence-electron chi connectivity index (χ2n) is 1.35. The average Bonchev–Trinajstić information content (AvgIpc) is 1.87. The third kappa shape index (κ3) is 7.45. The van der Waals surface area contributed by atoms with E-state index in [1.165, 1.54) is 6.08 Å². The van der Waals surface area contributed by atoms with Gasteiger partial charge in [0.15, 0.2) is 0 Å². The van der Waals surface area contributed by atoms with Crippen molar-refractivity contribution in [3.8, 4) is 0 Å². The van der Waals surface area contributed by atoms with Crippen LogP contribution in [0.1, 0.15) is 6.42 Å². The minimum absolute atomic E-state index is 0.0568. The first-order chi connectivity index (χ1) is 4.77. The molecule has 0 amide bonds. The molecule has 0 N–H and O–H groups in total. The highest BCUT2D eigenvalue weighted by Gasteiger charge is 1.85. The third-order valence-electron chi connectivity index (χ3n) is 0.658. The lowest BCUT2D eigenvalue weighted by molar-refractivity contribution is 0.298. The molecule has 0 rings (SSSR count). The average molecular weight is 164 g/mol. The smallest absolute Gasteiger partial charge is 0.234 e. The van der Waals surface area contributed by atoms with Crippen LogP contribution in [0.4, 0.5) is 0 Å². The molecule has 0 radical (unpaired) electrons. The van der Waals surface area contributed by atoms with Crippen molar-refractivity contribution in [1.82, 2.24) is 0 Å². The van der Waals surface area contributed by atoms with Gasteiger partial charge in [0.05, 0.1) is 24.5 Å². The van der Waals surface area contributed by atoms with Crippen LogP contribution in [0.5, 0.6) is 0 Å². The maximum absolute atomic E-state index is 9.70. The van der Waals surface area contributed by atoms with Crippen LogP contribution in [0.15, 0.2) is 4.99 Å². The van der Waals surface area contributed by atoms with Gasteiger partial charge in [-0.25, -0.2) is 14.0 Å². The molecule has 0 aliphatic heterocycles. The number of aliphatic imine (C=N–C) groups is 1. The van der Waals surface area contributed by atoms with Crippen LogP contribution in [-0.2, 0) is 20.3 Å². The molecule has 6 heteroatoms. The van der Waals surface area contributed by atoms with E-state index in [4.69, 9.17) is 0 Å². The molecule has 0 saturated heterocycles. The molecule has 0 saturated carbocycles. The van der Waals surface area contributed by atoms with Crippen molar-refractivity contribution in [1.29, 1.82) is 0 Å². The third-order valence-corrected chi connectivity index (χ3v) is 1.02. The highest BCUT2D eigenvalue weighted by molar-refractivity contribution is 7.74. The molecule has 0 spiro atoms. The summed E-state index contributed by atoms with van der Waals surface area (Å²) in [5, 5.41) is 0. The van der Waals surface area contributed by atoms with Gasteiger partial charge in [0.2, 0.25) is 6.08 Å². The Balaban J connectivity index is 3.05. The fourth-order valence-electron chi connectivity index (χ4n) is 0.316. The second-order valence-corrected chi connectivity index (χ2v) is 2.00.